The van der Waals surface area contributed by atoms with Crippen LogP contribution in [0.15, 0.2) is 30.5 Å². The summed E-state index contributed by atoms with van der Waals surface area (Å²) in [5, 5.41) is 3.49. The molecule has 35 heavy (non-hydrogen) atoms. The van der Waals surface area contributed by atoms with Crippen LogP contribution in [0.4, 0.5) is 24.8 Å². The Hall–Kier alpha value is -3.34. The van der Waals surface area contributed by atoms with Gasteiger partial charge in [-0.1, -0.05) is 0 Å². The van der Waals surface area contributed by atoms with Crippen molar-refractivity contribution in [1.29, 1.82) is 0 Å². The lowest BCUT2D eigenvalue weighted by molar-refractivity contribution is -0.0500. The Morgan fingerprint density at radius 2 is 1.94 bits per heavy atom. The van der Waals surface area contributed by atoms with E-state index in [4.69, 9.17) is 19.4 Å². The Bertz CT molecular complexity index is 1180. The number of rotatable bonds is 7. The Morgan fingerprint density at radius 1 is 1.11 bits per heavy atom. The van der Waals surface area contributed by atoms with E-state index < -0.39 is 12.4 Å². The van der Waals surface area contributed by atoms with Gasteiger partial charge in [0.2, 0.25) is 0 Å². The maximum atomic E-state index is 14.3. The molecule has 2 aliphatic rings. The monoisotopic (exact) mass is 489 g/mol. The third-order valence-corrected chi connectivity index (χ3v) is 6.10. The van der Waals surface area contributed by atoms with Crippen LogP contribution in [0.1, 0.15) is 25.0 Å². The van der Waals surface area contributed by atoms with Crippen molar-refractivity contribution in [2.75, 3.05) is 36.5 Å². The molecule has 0 spiro atoms. The maximum Gasteiger partial charge on any atom is 0.387 e. The van der Waals surface area contributed by atoms with Crippen molar-refractivity contribution < 1.29 is 27.4 Å². The van der Waals surface area contributed by atoms with Gasteiger partial charge in [-0.3, -0.25) is 4.98 Å². The van der Waals surface area contributed by atoms with E-state index in [2.05, 4.69) is 19.9 Å². The average Bonchev–Trinajstić information content (AvgIpc) is 3.34. The van der Waals surface area contributed by atoms with E-state index in [1.165, 1.54) is 12.1 Å². The fourth-order valence-corrected chi connectivity index (χ4v) is 4.33. The number of hydrogen-bond acceptors (Lipinski definition) is 8. The Kier molecular flexibility index (Phi) is 6.76. The molecule has 2 aromatic heterocycles. The van der Waals surface area contributed by atoms with Gasteiger partial charge in [0.1, 0.15) is 17.4 Å². The van der Waals surface area contributed by atoms with Gasteiger partial charge < -0.3 is 24.4 Å². The molecular formula is C24H26F3N5O3. The van der Waals surface area contributed by atoms with Crippen LogP contribution in [-0.2, 0) is 4.74 Å². The lowest BCUT2D eigenvalue weighted by Crippen LogP contribution is -2.39. The summed E-state index contributed by atoms with van der Waals surface area (Å²) < 4.78 is 54.6. The first-order valence-electron chi connectivity index (χ1n) is 11.6. The number of hydrogen-bond donors (Lipinski definition) is 1. The quantitative estimate of drug-likeness (QED) is 0.526. The summed E-state index contributed by atoms with van der Waals surface area (Å²) >= 11 is 0. The first-order valence-corrected chi connectivity index (χ1v) is 11.6. The summed E-state index contributed by atoms with van der Waals surface area (Å²) in [6.07, 6.45) is 3.67. The maximum absolute atomic E-state index is 14.3. The minimum atomic E-state index is -3.01. The van der Waals surface area contributed by atoms with E-state index >= 15 is 0 Å². The Balaban J connectivity index is 1.29. The van der Waals surface area contributed by atoms with Crippen molar-refractivity contribution in [2.45, 2.75) is 44.9 Å². The van der Waals surface area contributed by atoms with Crippen LogP contribution in [0, 0.1) is 12.7 Å². The number of aryl methyl sites for hydroxylation is 1. The molecule has 2 saturated heterocycles. The van der Waals surface area contributed by atoms with Crippen molar-refractivity contribution in [2.24, 2.45) is 0 Å². The molecule has 1 N–H and O–H groups in total. The number of aromatic nitrogens is 3. The first-order chi connectivity index (χ1) is 16.9. The highest BCUT2D eigenvalue weighted by Crippen LogP contribution is 2.31. The van der Waals surface area contributed by atoms with Crippen molar-refractivity contribution >= 4 is 22.7 Å². The highest BCUT2D eigenvalue weighted by molar-refractivity contribution is 5.80. The van der Waals surface area contributed by atoms with Gasteiger partial charge in [-0.25, -0.2) is 14.4 Å². The third-order valence-electron chi connectivity index (χ3n) is 6.10. The molecule has 186 valence electrons. The standard InChI is InChI=1S/C24H26F3N5O3/c1-14-10-19-20(12-28-14)31-23(22(30-19)29-15-6-9-33-13-15)32-7-4-16(5-8-32)34-21-3-2-17(11-18(21)25)35-24(26)27/h2-3,10-12,15-16,24H,4-9,13H2,1H3,(H,29,30). The van der Waals surface area contributed by atoms with Crippen LogP contribution in [0.3, 0.4) is 0 Å². The number of nitrogens with one attached hydrogen (secondary N) is 1. The molecule has 1 unspecified atom stereocenters. The molecule has 0 aliphatic carbocycles. The SMILES string of the molecule is Cc1cc2nc(NC3CCOC3)c(N3CCC(Oc4ccc(OC(F)F)cc4F)CC3)nc2cn1. The van der Waals surface area contributed by atoms with E-state index in [1.807, 2.05) is 13.0 Å². The molecule has 3 aromatic rings. The smallest absolute Gasteiger partial charge is 0.387 e. The highest BCUT2D eigenvalue weighted by Gasteiger charge is 2.27. The normalized spacial score (nSPS) is 18.9. The molecule has 0 amide bonds. The summed E-state index contributed by atoms with van der Waals surface area (Å²) in [4.78, 5) is 16.2. The molecule has 8 nitrogen and oxygen atoms in total. The molecule has 5 rings (SSSR count). The minimum Gasteiger partial charge on any atom is -0.487 e. The second kappa shape index (κ2) is 10.1. The second-order valence-electron chi connectivity index (χ2n) is 8.69. The van der Waals surface area contributed by atoms with Crippen molar-refractivity contribution in [3.05, 3.63) is 42.0 Å². The number of nitrogens with zero attached hydrogens (tertiary/aromatic N) is 4. The summed E-state index contributed by atoms with van der Waals surface area (Å²) in [5.74, 6) is 0.485. The highest BCUT2D eigenvalue weighted by atomic mass is 19.3. The van der Waals surface area contributed by atoms with Gasteiger partial charge in [-0.2, -0.15) is 8.78 Å². The van der Waals surface area contributed by atoms with Gasteiger partial charge in [0.15, 0.2) is 23.2 Å². The van der Waals surface area contributed by atoms with Gasteiger partial charge in [0.25, 0.3) is 0 Å². The van der Waals surface area contributed by atoms with E-state index in [0.29, 0.717) is 50.5 Å². The average molecular weight is 489 g/mol. The minimum absolute atomic E-state index is 0.0144. The number of benzene rings is 1. The molecule has 0 radical (unpaired) electrons. The van der Waals surface area contributed by atoms with E-state index in [-0.39, 0.29) is 23.6 Å². The fourth-order valence-electron chi connectivity index (χ4n) is 4.33. The largest absolute Gasteiger partial charge is 0.487 e. The van der Waals surface area contributed by atoms with Gasteiger partial charge in [0, 0.05) is 44.3 Å². The van der Waals surface area contributed by atoms with Crippen molar-refractivity contribution in [1.82, 2.24) is 15.0 Å². The molecule has 2 aliphatic heterocycles. The van der Waals surface area contributed by atoms with E-state index in [0.717, 1.165) is 29.5 Å². The van der Waals surface area contributed by atoms with E-state index in [1.54, 1.807) is 6.20 Å². The molecule has 0 saturated carbocycles. The first kappa shape index (κ1) is 23.4. The van der Waals surface area contributed by atoms with Crippen molar-refractivity contribution in [3.8, 4) is 11.5 Å². The molecule has 1 aromatic carbocycles. The second-order valence-corrected chi connectivity index (χ2v) is 8.69. The van der Waals surface area contributed by atoms with E-state index in [9.17, 15) is 13.2 Å². The van der Waals surface area contributed by atoms with Gasteiger partial charge in [-0.05, 0) is 31.5 Å². The lowest BCUT2D eigenvalue weighted by atomic mass is 10.1. The van der Waals surface area contributed by atoms with Crippen LogP contribution in [0.2, 0.25) is 0 Å². The predicted molar refractivity (Wildman–Crippen MR) is 124 cm³/mol. The van der Waals surface area contributed by atoms with Crippen molar-refractivity contribution in [3.63, 3.8) is 0 Å². The van der Waals surface area contributed by atoms with Crippen LogP contribution in [0.5, 0.6) is 11.5 Å². The van der Waals surface area contributed by atoms with Crippen LogP contribution < -0.4 is 19.7 Å². The predicted octanol–water partition coefficient (Wildman–Crippen LogP) is 4.32. The number of anilines is 2. The number of halogens is 3. The van der Waals surface area contributed by atoms with Crippen LogP contribution >= 0.6 is 0 Å². The number of piperidine rings is 1. The molecule has 4 heterocycles. The number of ether oxygens (including phenoxy) is 3. The topological polar surface area (TPSA) is 81.6 Å². The molecule has 0 bridgehead atoms. The third kappa shape index (κ3) is 5.50. The summed E-state index contributed by atoms with van der Waals surface area (Å²) in [6.45, 7) is 1.51. The van der Waals surface area contributed by atoms with Crippen LogP contribution in [-0.4, -0.2) is 60.0 Å². The fraction of sp³-hybridized carbons (Fsp3) is 0.458. The zero-order valence-electron chi connectivity index (χ0n) is 19.2. The number of alkyl halides is 2. The van der Waals surface area contributed by atoms with Crippen LogP contribution in [0.25, 0.3) is 11.0 Å². The zero-order chi connectivity index (χ0) is 24.4. The Morgan fingerprint density at radius 3 is 2.66 bits per heavy atom. The summed E-state index contributed by atoms with van der Waals surface area (Å²) in [6, 6.07) is 5.57. The van der Waals surface area contributed by atoms with Gasteiger partial charge in [-0.15, -0.1) is 0 Å². The van der Waals surface area contributed by atoms with Gasteiger partial charge in [0.05, 0.1) is 24.4 Å². The lowest BCUT2D eigenvalue weighted by Gasteiger charge is -2.34. The molecular weight excluding hydrogens is 463 g/mol. The number of fused-ring (bicyclic) bond motifs is 1. The molecule has 11 heteroatoms. The summed E-state index contributed by atoms with van der Waals surface area (Å²) in [7, 11) is 0. The summed E-state index contributed by atoms with van der Waals surface area (Å²) in [5.41, 5.74) is 2.36. The van der Waals surface area contributed by atoms with Gasteiger partial charge >= 0.3 is 6.61 Å². The molecule has 1 atom stereocenters. The molecule has 2 fully saturated rings. The zero-order valence-corrected chi connectivity index (χ0v) is 19.2. The number of pyridine rings is 1. The Labute approximate surface area is 200 Å².